The van der Waals surface area contributed by atoms with Gasteiger partial charge in [0, 0.05) is 37.5 Å². The van der Waals surface area contributed by atoms with Crippen LogP contribution in [0, 0.1) is 5.92 Å². The number of likely N-dealkylation sites (tertiary alicyclic amines) is 1. The molecule has 5 nitrogen and oxygen atoms in total. The van der Waals surface area contributed by atoms with E-state index in [0.717, 1.165) is 56.4 Å². The molecule has 1 amide bonds. The van der Waals surface area contributed by atoms with E-state index < -0.39 is 0 Å². The molecule has 4 rings (SSSR count). The number of nitrogens with one attached hydrogen (secondary N) is 1. The Balaban J connectivity index is 1.33. The molecule has 0 aliphatic carbocycles. The molecule has 1 unspecified atom stereocenters. The average Bonchev–Trinajstić information content (AvgIpc) is 3.22. The number of amides is 1. The van der Waals surface area contributed by atoms with Gasteiger partial charge in [0.25, 0.3) is 0 Å². The highest BCUT2D eigenvalue weighted by Gasteiger charge is 2.29. The molecule has 0 spiro atoms. The minimum Gasteiger partial charge on any atom is -0.302 e. The van der Waals surface area contributed by atoms with Crippen molar-refractivity contribution < 1.29 is 4.79 Å². The maximum absolute atomic E-state index is 12.6. The van der Waals surface area contributed by atoms with Crippen molar-refractivity contribution >= 4 is 22.4 Å². The molecular formula is C19H24N4OS. The molecule has 1 aromatic carbocycles. The number of aromatic nitrogens is 1. The van der Waals surface area contributed by atoms with Gasteiger partial charge in [-0.25, -0.2) is 4.98 Å². The van der Waals surface area contributed by atoms with Crippen molar-refractivity contribution in [3.63, 3.8) is 0 Å². The molecule has 3 heterocycles. The molecule has 0 radical (unpaired) electrons. The summed E-state index contributed by atoms with van der Waals surface area (Å²) < 4.78 is 0. The minimum absolute atomic E-state index is 0.0623. The second-order valence-corrected chi connectivity index (χ2v) is 8.16. The van der Waals surface area contributed by atoms with Gasteiger partial charge < -0.3 is 10.2 Å². The normalized spacial score (nSPS) is 21.2. The summed E-state index contributed by atoms with van der Waals surface area (Å²) in [4.78, 5) is 23.2. The highest BCUT2D eigenvalue weighted by atomic mass is 32.1. The number of fused-ring (bicyclic) bond motifs is 1. The molecule has 6 heteroatoms. The van der Waals surface area contributed by atoms with E-state index in [9.17, 15) is 4.79 Å². The number of thiazole rings is 1. The molecule has 132 valence electrons. The lowest BCUT2D eigenvalue weighted by atomic mass is 10.1. The number of nitrogens with zero attached hydrogens (tertiary/aromatic N) is 3. The average molecular weight is 356 g/mol. The molecule has 0 bridgehead atoms. The van der Waals surface area contributed by atoms with Crippen LogP contribution in [0.15, 0.2) is 30.3 Å². The highest BCUT2D eigenvalue weighted by Crippen LogP contribution is 2.28. The van der Waals surface area contributed by atoms with Gasteiger partial charge >= 0.3 is 0 Å². The zero-order valence-electron chi connectivity index (χ0n) is 14.6. The molecule has 2 aromatic rings. The Morgan fingerprint density at radius 1 is 1.32 bits per heavy atom. The van der Waals surface area contributed by atoms with Gasteiger partial charge in [-0.15, -0.1) is 11.3 Å². The topological polar surface area (TPSA) is 48.5 Å². The van der Waals surface area contributed by atoms with Crippen molar-refractivity contribution in [2.24, 2.45) is 5.92 Å². The Morgan fingerprint density at radius 2 is 2.16 bits per heavy atom. The fourth-order valence-corrected chi connectivity index (χ4v) is 4.71. The third kappa shape index (κ3) is 3.92. The van der Waals surface area contributed by atoms with Crippen molar-refractivity contribution in [1.29, 1.82) is 0 Å². The van der Waals surface area contributed by atoms with E-state index in [0.29, 0.717) is 0 Å². The number of rotatable bonds is 4. The molecule has 1 N–H and O–H groups in total. The lowest BCUT2D eigenvalue weighted by Crippen LogP contribution is -2.27. The first-order chi connectivity index (χ1) is 12.2. The van der Waals surface area contributed by atoms with E-state index in [1.165, 1.54) is 10.4 Å². The van der Waals surface area contributed by atoms with Gasteiger partial charge in [0.05, 0.1) is 11.6 Å². The predicted octanol–water partition coefficient (Wildman–Crippen LogP) is 2.59. The predicted molar refractivity (Wildman–Crippen MR) is 101 cm³/mol. The van der Waals surface area contributed by atoms with E-state index in [1.54, 1.807) is 11.3 Å². The van der Waals surface area contributed by atoms with Crippen LogP contribution >= 0.6 is 11.3 Å². The molecule has 1 atom stereocenters. The van der Waals surface area contributed by atoms with Crippen LogP contribution in [0.5, 0.6) is 0 Å². The van der Waals surface area contributed by atoms with Crippen molar-refractivity contribution in [1.82, 2.24) is 14.8 Å². The Morgan fingerprint density at radius 3 is 3.00 bits per heavy atom. The quantitative estimate of drug-likeness (QED) is 0.915. The van der Waals surface area contributed by atoms with Gasteiger partial charge in [0.15, 0.2) is 5.13 Å². The van der Waals surface area contributed by atoms with Crippen molar-refractivity contribution in [3.8, 4) is 0 Å². The summed E-state index contributed by atoms with van der Waals surface area (Å²) in [6, 6.07) is 10.5. The van der Waals surface area contributed by atoms with Gasteiger partial charge in [-0.3, -0.25) is 9.69 Å². The summed E-state index contributed by atoms with van der Waals surface area (Å²) in [5, 5.41) is 3.83. The van der Waals surface area contributed by atoms with E-state index >= 15 is 0 Å². The number of likely N-dealkylation sites (N-methyl/N-ethyl adjacent to an activating group) is 1. The molecule has 2 aliphatic rings. The van der Waals surface area contributed by atoms with E-state index in [1.807, 2.05) is 6.07 Å². The maximum atomic E-state index is 12.6. The van der Waals surface area contributed by atoms with Crippen LogP contribution in [-0.4, -0.2) is 47.4 Å². The summed E-state index contributed by atoms with van der Waals surface area (Å²) in [7, 11) is 2.13. The second-order valence-electron chi connectivity index (χ2n) is 7.07. The van der Waals surface area contributed by atoms with Gasteiger partial charge in [0.2, 0.25) is 5.91 Å². The van der Waals surface area contributed by atoms with E-state index in [-0.39, 0.29) is 11.8 Å². The first-order valence-electron chi connectivity index (χ1n) is 8.91. The fraction of sp³-hybridized carbons (Fsp3) is 0.474. The lowest BCUT2D eigenvalue weighted by molar-refractivity contribution is -0.119. The van der Waals surface area contributed by atoms with Crippen molar-refractivity contribution in [3.05, 3.63) is 46.5 Å². The van der Waals surface area contributed by atoms with Crippen LogP contribution in [0.2, 0.25) is 0 Å². The van der Waals surface area contributed by atoms with Crippen LogP contribution in [0.3, 0.4) is 0 Å². The van der Waals surface area contributed by atoms with E-state index in [4.69, 9.17) is 0 Å². The summed E-state index contributed by atoms with van der Waals surface area (Å²) in [6.45, 7) is 4.71. The van der Waals surface area contributed by atoms with Crippen molar-refractivity contribution in [2.75, 3.05) is 32.0 Å². The smallest absolute Gasteiger partial charge is 0.230 e. The molecule has 2 aliphatic heterocycles. The molecule has 0 saturated carbocycles. The first-order valence-corrected chi connectivity index (χ1v) is 9.73. The van der Waals surface area contributed by atoms with Crippen LogP contribution in [0.25, 0.3) is 0 Å². The standard InChI is InChI=1S/C19H24N4OS/c1-22-9-8-16-17(13-22)25-19(20-16)21-18(24)15-7-10-23(12-15)11-14-5-3-2-4-6-14/h2-6,15H,7-13H2,1H3,(H,20,21,24). The molecular weight excluding hydrogens is 332 g/mol. The maximum Gasteiger partial charge on any atom is 0.230 e. The monoisotopic (exact) mass is 356 g/mol. The SMILES string of the molecule is CN1CCc2nc(NC(=O)C3CCN(Cc4ccccc4)C3)sc2C1. The summed E-state index contributed by atoms with van der Waals surface area (Å²) >= 11 is 1.63. The Labute approximate surface area is 152 Å². The summed E-state index contributed by atoms with van der Waals surface area (Å²) in [5.74, 6) is 0.183. The molecule has 25 heavy (non-hydrogen) atoms. The Bertz CT molecular complexity index is 745. The Kier molecular flexibility index (Phi) is 4.83. The molecule has 1 aromatic heterocycles. The van der Waals surface area contributed by atoms with E-state index in [2.05, 4.69) is 51.4 Å². The first kappa shape index (κ1) is 16.7. The fourth-order valence-electron chi connectivity index (χ4n) is 3.62. The number of anilines is 1. The minimum atomic E-state index is 0.0623. The molecule has 1 saturated heterocycles. The number of carbonyl (C=O) groups is 1. The second kappa shape index (κ2) is 7.23. The Hall–Kier alpha value is -1.76. The number of hydrogen-bond acceptors (Lipinski definition) is 5. The summed E-state index contributed by atoms with van der Waals surface area (Å²) in [5.41, 5.74) is 2.47. The third-order valence-corrected chi connectivity index (χ3v) is 6.04. The van der Waals surface area contributed by atoms with Crippen LogP contribution < -0.4 is 5.32 Å². The summed E-state index contributed by atoms with van der Waals surface area (Å²) in [6.07, 6.45) is 1.90. The molecule has 1 fully saturated rings. The van der Waals surface area contributed by atoms with Gasteiger partial charge in [-0.05, 0) is 25.6 Å². The van der Waals surface area contributed by atoms with Crippen LogP contribution in [0.1, 0.15) is 22.6 Å². The van der Waals surface area contributed by atoms with Gasteiger partial charge in [0.1, 0.15) is 0 Å². The largest absolute Gasteiger partial charge is 0.302 e. The highest BCUT2D eigenvalue weighted by molar-refractivity contribution is 7.15. The third-order valence-electron chi connectivity index (χ3n) is 5.04. The zero-order valence-corrected chi connectivity index (χ0v) is 15.4. The van der Waals surface area contributed by atoms with Crippen molar-refractivity contribution in [2.45, 2.75) is 25.9 Å². The van der Waals surface area contributed by atoms with Gasteiger partial charge in [-0.1, -0.05) is 30.3 Å². The van der Waals surface area contributed by atoms with Crippen LogP contribution in [0.4, 0.5) is 5.13 Å². The number of carbonyl (C=O) groups excluding carboxylic acids is 1. The van der Waals surface area contributed by atoms with Gasteiger partial charge in [-0.2, -0.15) is 0 Å². The number of benzene rings is 1. The number of hydrogen-bond donors (Lipinski definition) is 1. The lowest BCUT2D eigenvalue weighted by Gasteiger charge is -2.20. The van der Waals surface area contributed by atoms with Crippen LogP contribution in [-0.2, 0) is 24.3 Å². The zero-order chi connectivity index (χ0) is 17.2.